The summed E-state index contributed by atoms with van der Waals surface area (Å²) in [6.07, 6.45) is 8.23. The summed E-state index contributed by atoms with van der Waals surface area (Å²) in [4.78, 5) is 24.2. The monoisotopic (exact) mass is 407 g/mol. The van der Waals surface area contributed by atoms with Gasteiger partial charge in [-0.3, -0.25) is 4.79 Å². The van der Waals surface area contributed by atoms with Crippen LogP contribution in [-0.2, 0) is 4.79 Å². The average molecular weight is 408 g/mol. The molecule has 0 spiro atoms. The Kier molecular flexibility index (Phi) is 5.24. The van der Waals surface area contributed by atoms with Gasteiger partial charge in [0.2, 0.25) is 5.91 Å². The molecule has 1 aliphatic rings. The van der Waals surface area contributed by atoms with Gasteiger partial charge in [0.05, 0.1) is 11.2 Å². The molecule has 0 aliphatic carbocycles. The van der Waals surface area contributed by atoms with Gasteiger partial charge in [0, 0.05) is 47.9 Å². The summed E-state index contributed by atoms with van der Waals surface area (Å²) >= 11 is 1.61. The predicted molar refractivity (Wildman–Crippen MR) is 120 cm³/mol. The molecule has 1 N–H and O–H groups in total. The first-order chi connectivity index (χ1) is 14.0. The van der Waals surface area contributed by atoms with Crippen LogP contribution < -0.4 is 5.32 Å². The van der Waals surface area contributed by atoms with Crippen LogP contribution in [0.1, 0.15) is 36.9 Å². The largest absolute Gasteiger partial charge is 0.345 e. The Morgan fingerprint density at radius 1 is 1.41 bits per heavy atom. The number of carbonyl (C=O) groups is 1. The van der Waals surface area contributed by atoms with Crippen molar-refractivity contribution in [3.63, 3.8) is 0 Å². The predicted octanol–water partition coefficient (Wildman–Crippen LogP) is 4.93. The summed E-state index contributed by atoms with van der Waals surface area (Å²) in [5, 5.41) is 5.34. The molecule has 1 amide bonds. The quantitative estimate of drug-likeness (QED) is 0.609. The first-order valence-corrected chi connectivity index (χ1v) is 10.6. The molecule has 7 heteroatoms. The van der Waals surface area contributed by atoms with Crippen molar-refractivity contribution in [2.24, 2.45) is 0 Å². The molecule has 1 aliphatic heterocycles. The van der Waals surface area contributed by atoms with Gasteiger partial charge in [0.1, 0.15) is 5.82 Å². The lowest BCUT2D eigenvalue weighted by Gasteiger charge is -2.25. The molecule has 0 aromatic carbocycles. The molecule has 0 atom stereocenters. The van der Waals surface area contributed by atoms with E-state index in [4.69, 9.17) is 4.98 Å². The highest BCUT2D eigenvalue weighted by Gasteiger charge is 2.20. The number of carbonyl (C=O) groups excluding carboxylic acids is 1. The van der Waals surface area contributed by atoms with Gasteiger partial charge in [0.15, 0.2) is 5.13 Å². The van der Waals surface area contributed by atoms with Crippen molar-refractivity contribution in [1.29, 1.82) is 0 Å². The zero-order valence-electron chi connectivity index (χ0n) is 17.0. The number of pyridine rings is 1. The van der Waals surface area contributed by atoms with E-state index >= 15 is 0 Å². The Balaban J connectivity index is 1.77. The Hall–Kier alpha value is -2.93. The maximum Gasteiger partial charge on any atom is 0.246 e. The van der Waals surface area contributed by atoms with Crippen molar-refractivity contribution in [3.8, 4) is 0 Å². The third kappa shape index (κ3) is 3.82. The zero-order valence-corrected chi connectivity index (χ0v) is 17.8. The minimum absolute atomic E-state index is 0.0288. The van der Waals surface area contributed by atoms with Crippen LogP contribution in [-0.4, -0.2) is 38.4 Å². The molecule has 0 saturated carbocycles. The van der Waals surface area contributed by atoms with Gasteiger partial charge in [-0.05, 0) is 44.9 Å². The van der Waals surface area contributed by atoms with E-state index in [0.29, 0.717) is 19.1 Å². The van der Waals surface area contributed by atoms with Crippen LogP contribution in [0, 0.1) is 6.92 Å². The molecule has 0 radical (unpaired) electrons. The highest BCUT2D eigenvalue weighted by atomic mass is 32.1. The maximum absolute atomic E-state index is 11.9. The Bertz CT molecular complexity index is 1110. The second-order valence-corrected chi connectivity index (χ2v) is 8.71. The Morgan fingerprint density at radius 3 is 2.86 bits per heavy atom. The number of hydrogen-bond acceptors (Lipinski definition) is 5. The first kappa shape index (κ1) is 19.4. The fourth-order valence-corrected chi connectivity index (χ4v) is 4.32. The molecule has 3 aromatic heterocycles. The highest BCUT2D eigenvalue weighted by Crippen LogP contribution is 2.33. The Morgan fingerprint density at radius 2 is 2.24 bits per heavy atom. The van der Waals surface area contributed by atoms with E-state index < -0.39 is 0 Å². The number of anilines is 2. The summed E-state index contributed by atoms with van der Waals surface area (Å²) in [5.74, 6) is 0.756. The number of fused-ring (bicyclic) bond motifs is 1. The third-order valence-electron chi connectivity index (χ3n) is 5.13. The lowest BCUT2D eigenvalue weighted by Crippen LogP contribution is -2.33. The topological polar surface area (TPSA) is 63.1 Å². The molecule has 0 saturated heterocycles. The van der Waals surface area contributed by atoms with Crippen LogP contribution in [0.25, 0.3) is 16.5 Å². The lowest BCUT2D eigenvalue weighted by molar-refractivity contribution is -0.125. The number of thiazole rings is 1. The van der Waals surface area contributed by atoms with Gasteiger partial charge >= 0.3 is 0 Å². The zero-order chi connectivity index (χ0) is 20.5. The number of nitrogens with zero attached hydrogens (tertiary/aromatic N) is 4. The van der Waals surface area contributed by atoms with Gasteiger partial charge in [-0.1, -0.05) is 12.7 Å². The van der Waals surface area contributed by atoms with Gasteiger partial charge in [0.25, 0.3) is 0 Å². The molecule has 3 aromatic rings. The van der Waals surface area contributed by atoms with Crippen LogP contribution in [0.15, 0.2) is 43.3 Å². The van der Waals surface area contributed by atoms with Crippen LogP contribution in [0.3, 0.4) is 0 Å². The number of amides is 1. The van der Waals surface area contributed by atoms with Crippen molar-refractivity contribution in [1.82, 2.24) is 19.4 Å². The molecular weight excluding hydrogens is 382 g/mol. The third-order valence-corrected chi connectivity index (χ3v) is 5.96. The van der Waals surface area contributed by atoms with Crippen LogP contribution in [0.4, 0.5) is 10.9 Å². The van der Waals surface area contributed by atoms with Gasteiger partial charge < -0.3 is 14.8 Å². The molecule has 6 nitrogen and oxygen atoms in total. The fraction of sp³-hybridized carbons (Fsp3) is 0.318. The number of aromatic nitrogens is 3. The van der Waals surface area contributed by atoms with E-state index in [1.165, 1.54) is 11.6 Å². The Labute approximate surface area is 174 Å². The number of hydrogen-bond donors (Lipinski definition) is 1. The van der Waals surface area contributed by atoms with E-state index in [9.17, 15) is 4.79 Å². The number of rotatable bonds is 5. The smallest absolute Gasteiger partial charge is 0.246 e. The highest BCUT2D eigenvalue weighted by molar-refractivity contribution is 7.15. The van der Waals surface area contributed by atoms with E-state index in [1.807, 2.05) is 13.1 Å². The summed E-state index contributed by atoms with van der Waals surface area (Å²) in [6, 6.07) is 4.57. The maximum atomic E-state index is 11.9. The number of aryl methyl sites for hydroxylation is 1. The second-order valence-electron chi connectivity index (χ2n) is 7.47. The molecule has 29 heavy (non-hydrogen) atoms. The van der Waals surface area contributed by atoms with E-state index in [0.717, 1.165) is 38.8 Å². The second kappa shape index (κ2) is 7.83. The van der Waals surface area contributed by atoms with Crippen molar-refractivity contribution in [3.05, 3.63) is 53.8 Å². The molecule has 150 valence electrons. The van der Waals surface area contributed by atoms with Crippen LogP contribution in [0.2, 0.25) is 0 Å². The number of nitrogens with one attached hydrogen (secondary N) is 1. The van der Waals surface area contributed by atoms with Crippen LogP contribution >= 0.6 is 11.3 Å². The molecular formula is C22H25N5OS. The minimum Gasteiger partial charge on any atom is -0.345 e. The molecule has 4 rings (SSSR count). The summed E-state index contributed by atoms with van der Waals surface area (Å²) in [5.41, 5.74) is 3.29. The molecule has 0 unspecified atom stereocenters. The SMILES string of the molecule is C=CC(=O)N1CC=C(c2nc(Nc3ncc(C)s3)cc3c2ccn3C(C)C)CC1. The molecule has 0 fully saturated rings. The normalized spacial score (nSPS) is 14.3. The molecule has 0 bridgehead atoms. The summed E-state index contributed by atoms with van der Waals surface area (Å²) < 4.78 is 2.26. The van der Waals surface area contributed by atoms with Crippen molar-refractivity contribution in [2.75, 3.05) is 18.4 Å². The average Bonchev–Trinajstić information content (AvgIpc) is 3.33. The lowest BCUT2D eigenvalue weighted by atomic mass is 10.0. The van der Waals surface area contributed by atoms with Crippen molar-refractivity contribution >= 4 is 44.7 Å². The van der Waals surface area contributed by atoms with E-state index in [2.05, 4.69) is 59.7 Å². The van der Waals surface area contributed by atoms with E-state index in [-0.39, 0.29) is 5.91 Å². The van der Waals surface area contributed by atoms with Gasteiger partial charge in [-0.25, -0.2) is 9.97 Å². The van der Waals surface area contributed by atoms with Crippen molar-refractivity contribution < 1.29 is 4.79 Å². The standard InChI is InChI=1S/C22H25N5OS/c1-5-20(28)26-9-6-16(7-10-26)21-17-8-11-27(14(2)3)18(17)12-19(24-21)25-22-23-13-15(4)29-22/h5-6,8,11-14H,1,7,9-10H2,2-4H3,(H,23,24,25). The van der Waals surface area contributed by atoms with Gasteiger partial charge in [-0.15, -0.1) is 11.3 Å². The van der Waals surface area contributed by atoms with Gasteiger partial charge in [-0.2, -0.15) is 0 Å². The molecule has 4 heterocycles. The van der Waals surface area contributed by atoms with Crippen molar-refractivity contribution in [2.45, 2.75) is 33.2 Å². The van der Waals surface area contributed by atoms with E-state index in [1.54, 1.807) is 16.2 Å². The first-order valence-electron chi connectivity index (χ1n) is 9.78. The summed E-state index contributed by atoms with van der Waals surface area (Å²) in [7, 11) is 0. The summed E-state index contributed by atoms with van der Waals surface area (Å²) in [6.45, 7) is 11.2. The fourth-order valence-electron chi connectivity index (χ4n) is 3.65. The van der Waals surface area contributed by atoms with Crippen LogP contribution in [0.5, 0.6) is 0 Å². The minimum atomic E-state index is -0.0288.